The molecule has 3 saturated heterocycles. The summed E-state index contributed by atoms with van der Waals surface area (Å²) in [5.41, 5.74) is -1.10. The van der Waals surface area contributed by atoms with E-state index in [-0.39, 0.29) is 23.7 Å². The van der Waals surface area contributed by atoms with Crippen LogP contribution in [0.3, 0.4) is 0 Å². The molecule has 0 amide bonds. The Morgan fingerprint density at radius 3 is 2.41 bits per heavy atom. The van der Waals surface area contributed by atoms with E-state index in [4.69, 9.17) is 4.74 Å². The third kappa shape index (κ3) is 3.10. The van der Waals surface area contributed by atoms with Gasteiger partial charge in [0.1, 0.15) is 27.9 Å². The van der Waals surface area contributed by atoms with Gasteiger partial charge in [0.25, 0.3) is 0 Å². The van der Waals surface area contributed by atoms with Crippen LogP contribution in [0.5, 0.6) is 0 Å². The predicted molar refractivity (Wildman–Crippen MR) is 114 cm³/mol. The van der Waals surface area contributed by atoms with Crippen molar-refractivity contribution in [3.63, 3.8) is 0 Å². The molecular weight excluding hydrogens is 436 g/mol. The molecule has 6 rings (SSSR count). The average molecular weight is 462 g/mol. The Labute approximate surface area is 186 Å². The number of carbonyl (C=O) groups is 1. The van der Waals surface area contributed by atoms with E-state index < -0.39 is 43.9 Å². The second-order valence-electron chi connectivity index (χ2n) is 9.61. The molecule has 0 unspecified atom stereocenters. The topological polar surface area (TPSA) is 63.7 Å². The summed E-state index contributed by atoms with van der Waals surface area (Å²) in [4.78, 5) is 12.3. The van der Waals surface area contributed by atoms with E-state index in [0.717, 1.165) is 12.1 Å². The lowest BCUT2D eigenvalue weighted by molar-refractivity contribution is -0.142. The van der Waals surface area contributed by atoms with Crippen LogP contribution in [-0.2, 0) is 31.5 Å². The summed E-state index contributed by atoms with van der Waals surface area (Å²) in [6.45, 7) is 3.31. The van der Waals surface area contributed by atoms with Crippen LogP contribution in [0, 0.1) is 11.6 Å². The van der Waals surface area contributed by atoms with Crippen molar-refractivity contribution in [2.75, 3.05) is 0 Å². The lowest BCUT2D eigenvalue weighted by Gasteiger charge is -2.40. The Bertz CT molecular complexity index is 1190. The lowest BCUT2D eigenvalue weighted by atomic mass is 9.59. The van der Waals surface area contributed by atoms with Crippen molar-refractivity contribution < 1.29 is 26.7 Å². The normalized spacial score (nSPS) is 33.6. The van der Waals surface area contributed by atoms with Gasteiger partial charge < -0.3 is 4.74 Å². The highest BCUT2D eigenvalue weighted by Crippen LogP contribution is 2.60. The minimum absolute atomic E-state index is 0.00423. The smallest absolute Gasteiger partial charge is 0.317 e. The maximum atomic E-state index is 15.1. The second-order valence-corrected chi connectivity index (χ2v) is 11.7. The van der Waals surface area contributed by atoms with Gasteiger partial charge in [-0.1, -0.05) is 30.3 Å². The van der Waals surface area contributed by atoms with Gasteiger partial charge in [-0.25, -0.2) is 17.2 Å². The molecular formula is C24H25F2NO4S. The molecule has 1 saturated carbocycles. The molecule has 2 aromatic carbocycles. The van der Waals surface area contributed by atoms with Crippen LogP contribution in [0.4, 0.5) is 8.78 Å². The average Bonchev–Trinajstić information content (AvgIpc) is 3.12. The van der Waals surface area contributed by atoms with Gasteiger partial charge >= 0.3 is 5.97 Å². The fraction of sp³-hybridized carbons (Fsp3) is 0.458. The number of carbonyl (C=O) groups excluding carboxylic acids is 1. The van der Waals surface area contributed by atoms with E-state index in [0.29, 0.717) is 31.2 Å². The molecule has 0 N–H and O–H groups in total. The molecule has 4 fully saturated rings. The maximum absolute atomic E-state index is 15.1. The van der Waals surface area contributed by atoms with Crippen LogP contribution in [0.15, 0.2) is 42.5 Å². The molecule has 0 radical (unpaired) electrons. The zero-order valence-electron chi connectivity index (χ0n) is 18.0. The molecule has 170 valence electrons. The molecule has 8 heteroatoms. The van der Waals surface area contributed by atoms with Crippen LogP contribution in [0.2, 0.25) is 0 Å². The van der Waals surface area contributed by atoms with Crippen molar-refractivity contribution in [2.24, 2.45) is 0 Å². The largest absolute Gasteiger partial charge is 0.459 e. The fourth-order valence-electron chi connectivity index (χ4n) is 5.66. The Balaban J connectivity index is 1.46. The van der Waals surface area contributed by atoms with E-state index in [9.17, 15) is 13.2 Å². The standard InChI is InChI=1S/C24H25F2NO4S/c1-15-8-9-21(16-6-4-3-5-7-16)32(29,30)27(15)12-17-10-20(26)18(11-19(17)25)24-13-23(2,14-24)31-22(24)28/h3-7,10-11,15,21H,8-9,12-14H2,1-2H3/t15-,21+,23?,24?/m0/s1. The monoisotopic (exact) mass is 461 g/mol. The number of hydrogen-bond acceptors (Lipinski definition) is 4. The summed E-state index contributed by atoms with van der Waals surface area (Å²) in [7, 11) is -3.77. The summed E-state index contributed by atoms with van der Waals surface area (Å²) in [5.74, 6) is -1.94. The Morgan fingerprint density at radius 2 is 1.78 bits per heavy atom. The number of nitrogens with zero attached hydrogens (tertiary/aromatic N) is 1. The summed E-state index contributed by atoms with van der Waals surface area (Å²) in [5, 5.41) is -0.716. The number of benzene rings is 2. The highest BCUT2D eigenvalue weighted by Gasteiger charge is 2.68. The number of fused-ring (bicyclic) bond motifs is 1. The van der Waals surface area contributed by atoms with E-state index in [1.807, 2.05) is 6.07 Å². The summed E-state index contributed by atoms with van der Waals surface area (Å²) >= 11 is 0. The van der Waals surface area contributed by atoms with Gasteiger partial charge in [0.15, 0.2) is 0 Å². The predicted octanol–water partition coefficient (Wildman–Crippen LogP) is 4.37. The van der Waals surface area contributed by atoms with Crippen molar-refractivity contribution in [1.82, 2.24) is 4.31 Å². The Morgan fingerprint density at radius 1 is 1.09 bits per heavy atom. The van der Waals surface area contributed by atoms with Gasteiger partial charge in [-0.05, 0) is 44.4 Å². The van der Waals surface area contributed by atoms with Crippen LogP contribution < -0.4 is 0 Å². The number of rotatable bonds is 4. The molecule has 32 heavy (non-hydrogen) atoms. The van der Waals surface area contributed by atoms with E-state index >= 15 is 8.78 Å². The Kier molecular flexibility index (Phi) is 4.77. The molecule has 1 aliphatic carbocycles. The first-order valence-corrected chi connectivity index (χ1v) is 12.3. The Hall–Kier alpha value is -2.32. The van der Waals surface area contributed by atoms with Gasteiger partial charge in [-0.3, -0.25) is 4.79 Å². The van der Waals surface area contributed by atoms with Crippen molar-refractivity contribution in [1.29, 1.82) is 0 Å². The van der Waals surface area contributed by atoms with E-state index in [1.165, 1.54) is 4.31 Å². The van der Waals surface area contributed by atoms with Gasteiger partial charge in [0, 0.05) is 36.6 Å². The van der Waals surface area contributed by atoms with Crippen LogP contribution >= 0.6 is 0 Å². The zero-order valence-corrected chi connectivity index (χ0v) is 18.8. The number of hydrogen-bond donors (Lipinski definition) is 0. The molecule has 2 atom stereocenters. The lowest BCUT2D eigenvalue weighted by Crippen LogP contribution is -2.46. The van der Waals surface area contributed by atoms with E-state index in [2.05, 4.69) is 0 Å². The molecule has 3 aliphatic heterocycles. The van der Waals surface area contributed by atoms with Crippen molar-refractivity contribution >= 4 is 16.0 Å². The van der Waals surface area contributed by atoms with Crippen LogP contribution in [0.1, 0.15) is 61.5 Å². The first-order chi connectivity index (χ1) is 15.1. The first kappa shape index (κ1) is 21.5. The number of esters is 1. The minimum Gasteiger partial charge on any atom is -0.459 e. The zero-order chi connectivity index (χ0) is 22.9. The van der Waals surface area contributed by atoms with Gasteiger partial charge in [0.2, 0.25) is 10.0 Å². The minimum atomic E-state index is -3.77. The fourth-order valence-corrected chi connectivity index (χ4v) is 7.85. The number of ether oxygens (including phenoxy) is 1. The van der Waals surface area contributed by atoms with Crippen LogP contribution in [-0.4, -0.2) is 30.3 Å². The number of sulfonamides is 1. The first-order valence-electron chi connectivity index (χ1n) is 10.8. The highest BCUT2D eigenvalue weighted by molar-refractivity contribution is 7.89. The molecule has 0 spiro atoms. The third-order valence-electron chi connectivity index (χ3n) is 7.26. The molecule has 5 nitrogen and oxygen atoms in total. The quantitative estimate of drug-likeness (QED) is 0.635. The SMILES string of the molecule is C[C@H]1CC[C@H](c2ccccc2)S(=O)(=O)N1Cc1cc(F)c(C23CC(C)(C2)OC3=O)cc1F. The molecule has 0 aromatic heterocycles. The van der Waals surface area contributed by atoms with Gasteiger partial charge in [-0.2, -0.15) is 4.31 Å². The summed E-state index contributed by atoms with van der Waals surface area (Å²) < 4.78 is 63.5. The van der Waals surface area contributed by atoms with Crippen molar-refractivity contribution in [2.45, 2.75) is 68.4 Å². The summed E-state index contributed by atoms with van der Waals surface area (Å²) in [6, 6.07) is 10.7. The third-order valence-corrected chi connectivity index (χ3v) is 9.62. The molecule has 2 bridgehead atoms. The molecule has 4 aliphatic rings. The molecule has 2 aromatic rings. The van der Waals surface area contributed by atoms with Crippen molar-refractivity contribution in [3.8, 4) is 0 Å². The van der Waals surface area contributed by atoms with Gasteiger partial charge in [0.05, 0.1) is 0 Å². The van der Waals surface area contributed by atoms with Crippen LogP contribution in [0.25, 0.3) is 0 Å². The second kappa shape index (κ2) is 7.09. The maximum Gasteiger partial charge on any atom is 0.317 e. The summed E-state index contributed by atoms with van der Waals surface area (Å²) in [6.07, 6.45) is 1.74. The van der Waals surface area contributed by atoms with Gasteiger partial charge in [-0.15, -0.1) is 0 Å². The highest BCUT2D eigenvalue weighted by atomic mass is 32.2. The number of halogens is 2. The molecule has 3 heterocycles. The van der Waals surface area contributed by atoms with Crippen molar-refractivity contribution in [3.05, 3.63) is 70.8 Å². The van der Waals surface area contributed by atoms with E-state index in [1.54, 1.807) is 38.1 Å².